The lowest BCUT2D eigenvalue weighted by atomic mass is 10.4. The van der Waals surface area contributed by atoms with Crippen LogP contribution in [0.25, 0.3) is 0 Å². The summed E-state index contributed by atoms with van der Waals surface area (Å²) >= 11 is 0. The Labute approximate surface area is 76.2 Å². The van der Waals surface area contributed by atoms with Crippen LogP contribution in [0.15, 0.2) is 37.0 Å². The number of rotatable bonds is 1. The Hall–Kier alpha value is -0.860. The highest BCUT2D eigenvalue weighted by atomic mass is 16.2. The van der Waals surface area contributed by atoms with Gasteiger partial charge in [-0.1, -0.05) is 30.4 Å². The number of hydrogen-bond donors (Lipinski definition) is 1. The van der Waals surface area contributed by atoms with Crippen molar-refractivity contribution in [3.63, 3.8) is 0 Å². The van der Waals surface area contributed by atoms with Gasteiger partial charge in [0.15, 0.2) is 0 Å². The lowest BCUT2D eigenvalue weighted by molar-refractivity contribution is 0.399. The van der Waals surface area contributed by atoms with Crippen molar-refractivity contribution in [2.24, 2.45) is 0 Å². The van der Waals surface area contributed by atoms with E-state index in [1.165, 1.54) is 5.57 Å². The molecule has 0 aliphatic rings. The second-order valence-electron chi connectivity index (χ2n) is 2.26. The Morgan fingerprint density at radius 2 is 1.17 bits per heavy atom. The molecular formula is C10H22O2. The maximum atomic E-state index is 7.00. The number of hydrogen-bond acceptors (Lipinski definition) is 1. The fourth-order valence-corrected chi connectivity index (χ4v) is 0. The third-order valence-corrected chi connectivity index (χ3v) is 0.348. The van der Waals surface area contributed by atoms with Gasteiger partial charge in [-0.2, -0.15) is 0 Å². The summed E-state index contributed by atoms with van der Waals surface area (Å²) < 4.78 is 0. The second kappa shape index (κ2) is 22.5. The van der Waals surface area contributed by atoms with Crippen molar-refractivity contribution in [3.05, 3.63) is 37.0 Å². The van der Waals surface area contributed by atoms with Crippen LogP contribution in [0.2, 0.25) is 0 Å². The first-order chi connectivity index (χ1) is 5.00. The van der Waals surface area contributed by atoms with Gasteiger partial charge < -0.3 is 10.6 Å². The van der Waals surface area contributed by atoms with E-state index in [0.29, 0.717) is 0 Å². The van der Waals surface area contributed by atoms with E-state index in [1.54, 1.807) is 6.08 Å². The second-order valence-corrected chi connectivity index (χ2v) is 2.26. The van der Waals surface area contributed by atoms with Crippen LogP contribution in [0, 0.1) is 0 Å². The van der Waals surface area contributed by atoms with Crippen molar-refractivity contribution in [2.75, 3.05) is 7.11 Å². The van der Waals surface area contributed by atoms with E-state index >= 15 is 0 Å². The molecule has 2 nitrogen and oxygen atoms in total. The number of allylic oxidation sites excluding steroid dienone is 3. The van der Waals surface area contributed by atoms with Gasteiger partial charge in [0.05, 0.1) is 0 Å². The molecule has 0 aromatic heterocycles. The third kappa shape index (κ3) is 466. The molecule has 0 aromatic carbocycles. The molecule has 0 aromatic rings. The van der Waals surface area contributed by atoms with Crippen LogP contribution in [0.1, 0.15) is 20.8 Å². The molecule has 0 radical (unpaired) electrons. The zero-order valence-electron chi connectivity index (χ0n) is 8.65. The molecule has 0 unspecified atom stereocenters. The van der Waals surface area contributed by atoms with Crippen LogP contribution in [-0.4, -0.2) is 17.7 Å². The van der Waals surface area contributed by atoms with Crippen molar-refractivity contribution in [2.45, 2.75) is 20.8 Å². The highest BCUT2D eigenvalue weighted by Crippen LogP contribution is 1.81. The normalized spacial score (nSPS) is 5.42. The van der Waals surface area contributed by atoms with Crippen LogP contribution in [0.3, 0.4) is 0 Å². The first-order valence-electron chi connectivity index (χ1n) is 3.35. The minimum Gasteiger partial charge on any atom is -0.412 e. The van der Waals surface area contributed by atoms with Gasteiger partial charge >= 0.3 is 0 Å². The summed E-state index contributed by atoms with van der Waals surface area (Å²) in [6.45, 7) is 16.4. The van der Waals surface area contributed by atoms with E-state index < -0.39 is 0 Å². The molecule has 0 rings (SSSR count). The van der Waals surface area contributed by atoms with Crippen molar-refractivity contribution in [1.82, 2.24) is 0 Å². The summed E-state index contributed by atoms with van der Waals surface area (Å²) in [6.07, 6.45) is 1.72. The Kier molecular flexibility index (Phi) is 42.1. The standard InChI is InChI=1S/C5H8.C4H8.CH4O.H2O/c1-4-5(2)3;1-4(2)3;1-2;/h4H,1-2H2,3H3;1H2,2-3H3;2H,1H3;1H2. The molecule has 0 aliphatic heterocycles. The van der Waals surface area contributed by atoms with Crippen molar-refractivity contribution < 1.29 is 10.6 Å². The molecule has 0 spiro atoms. The van der Waals surface area contributed by atoms with Crippen molar-refractivity contribution >= 4 is 0 Å². The third-order valence-electron chi connectivity index (χ3n) is 0.348. The molecule has 0 heterocycles. The topological polar surface area (TPSA) is 51.7 Å². The lowest BCUT2D eigenvalue weighted by Gasteiger charge is -1.71. The smallest absolute Gasteiger partial charge is 0.0319 e. The van der Waals surface area contributed by atoms with Gasteiger partial charge in [0.2, 0.25) is 0 Å². The molecule has 0 bridgehead atoms. The fraction of sp³-hybridized carbons (Fsp3) is 0.400. The van der Waals surface area contributed by atoms with E-state index in [4.69, 9.17) is 5.11 Å². The molecule has 0 atom stereocenters. The minimum absolute atomic E-state index is 0. The average Bonchev–Trinajstić information content (AvgIpc) is 1.91. The SMILES string of the molecule is C=C(C)C.C=CC(=C)C.CO.O. The molecule has 0 fully saturated rings. The molecule has 3 N–H and O–H groups in total. The maximum Gasteiger partial charge on any atom is 0.0319 e. The van der Waals surface area contributed by atoms with Crippen LogP contribution < -0.4 is 0 Å². The van der Waals surface area contributed by atoms with Crippen LogP contribution in [0.5, 0.6) is 0 Å². The predicted molar refractivity (Wildman–Crippen MR) is 57.3 cm³/mol. The van der Waals surface area contributed by atoms with E-state index in [0.717, 1.165) is 12.7 Å². The summed E-state index contributed by atoms with van der Waals surface area (Å²) in [5, 5.41) is 7.00. The average molecular weight is 174 g/mol. The van der Waals surface area contributed by atoms with Gasteiger partial charge in [-0.05, 0) is 20.8 Å². The highest BCUT2D eigenvalue weighted by molar-refractivity contribution is 5.05. The summed E-state index contributed by atoms with van der Waals surface area (Å²) in [6, 6.07) is 0. The lowest BCUT2D eigenvalue weighted by Crippen LogP contribution is -1.50. The van der Waals surface area contributed by atoms with E-state index in [9.17, 15) is 0 Å². The van der Waals surface area contributed by atoms with E-state index in [1.807, 2.05) is 20.8 Å². The largest absolute Gasteiger partial charge is 0.412 e. The number of aliphatic hydroxyl groups excluding tert-OH is 1. The van der Waals surface area contributed by atoms with Crippen LogP contribution in [-0.2, 0) is 0 Å². The molecule has 0 saturated carbocycles. The molecule has 2 heteroatoms. The molecular weight excluding hydrogens is 152 g/mol. The van der Waals surface area contributed by atoms with Crippen molar-refractivity contribution in [3.8, 4) is 0 Å². The van der Waals surface area contributed by atoms with E-state index in [-0.39, 0.29) is 5.48 Å². The van der Waals surface area contributed by atoms with Gasteiger partial charge in [0.25, 0.3) is 0 Å². The molecule has 0 saturated heterocycles. The molecule has 12 heavy (non-hydrogen) atoms. The van der Waals surface area contributed by atoms with Crippen molar-refractivity contribution in [1.29, 1.82) is 0 Å². The summed E-state index contributed by atoms with van der Waals surface area (Å²) in [4.78, 5) is 0. The van der Waals surface area contributed by atoms with Crippen LogP contribution in [0.4, 0.5) is 0 Å². The summed E-state index contributed by atoms with van der Waals surface area (Å²) in [5.74, 6) is 0. The minimum atomic E-state index is 0. The Morgan fingerprint density at radius 3 is 1.17 bits per heavy atom. The predicted octanol–water partition coefficient (Wildman–Crippen LogP) is 2.11. The molecule has 0 aliphatic carbocycles. The van der Waals surface area contributed by atoms with Gasteiger partial charge in [0.1, 0.15) is 0 Å². The zero-order valence-corrected chi connectivity index (χ0v) is 8.65. The summed E-state index contributed by atoms with van der Waals surface area (Å²) in [7, 11) is 1.00. The zero-order chi connectivity index (χ0) is 9.86. The Morgan fingerprint density at radius 1 is 1.08 bits per heavy atom. The maximum absolute atomic E-state index is 7.00. The molecule has 74 valence electrons. The van der Waals surface area contributed by atoms with Gasteiger partial charge in [-0.25, -0.2) is 0 Å². The van der Waals surface area contributed by atoms with Gasteiger partial charge in [0, 0.05) is 7.11 Å². The van der Waals surface area contributed by atoms with E-state index in [2.05, 4.69) is 19.7 Å². The van der Waals surface area contributed by atoms with Crippen LogP contribution >= 0.6 is 0 Å². The Bertz CT molecular complexity index is 111. The number of aliphatic hydroxyl groups is 1. The Balaban J connectivity index is -0.0000000419. The van der Waals surface area contributed by atoms with Gasteiger partial charge in [-0.15, -0.1) is 6.58 Å². The first kappa shape index (κ1) is 22.5. The molecule has 0 amide bonds. The van der Waals surface area contributed by atoms with Gasteiger partial charge in [-0.3, -0.25) is 0 Å². The highest BCUT2D eigenvalue weighted by Gasteiger charge is 1.59. The quantitative estimate of drug-likeness (QED) is 0.480. The summed E-state index contributed by atoms with van der Waals surface area (Å²) in [5.41, 5.74) is 2.19. The first-order valence-corrected chi connectivity index (χ1v) is 3.35. The monoisotopic (exact) mass is 174 g/mol. The fourth-order valence-electron chi connectivity index (χ4n) is 0.